The van der Waals surface area contributed by atoms with Crippen molar-refractivity contribution in [3.05, 3.63) is 63.9 Å². The molecule has 128 valence electrons. The molecule has 1 aliphatic heterocycles. The van der Waals surface area contributed by atoms with Crippen molar-refractivity contribution in [1.29, 1.82) is 0 Å². The fourth-order valence-corrected chi connectivity index (χ4v) is 4.99. The van der Waals surface area contributed by atoms with Crippen LogP contribution in [0.3, 0.4) is 0 Å². The zero-order valence-electron chi connectivity index (χ0n) is 13.1. The third-order valence-corrected chi connectivity index (χ3v) is 6.08. The van der Waals surface area contributed by atoms with Gasteiger partial charge >= 0.3 is 0 Å². The van der Waals surface area contributed by atoms with Gasteiger partial charge in [-0.1, -0.05) is 35.4 Å². The van der Waals surface area contributed by atoms with Gasteiger partial charge in [0.1, 0.15) is 0 Å². The summed E-state index contributed by atoms with van der Waals surface area (Å²) in [4.78, 5) is 0.0755. The molecule has 4 nitrogen and oxygen atoms in total. The summed E-state index contributed by atoms with van der Waals surface area (Å²) in [5.41, 5.74) is 2.37. The van der Waals surface area contributed by atoms with Crippen molar-refractivity contribution < 1.29 is 8.42 Å². The number of hydrogen-bond donors (Lipinski definition) is 2. The molecule has 0 aromatic heterocycles. The van der Waals surface area contributed by atoms with Gasteiger partial charge in [0, 0.05) is 33.9 Å². The van der Waals surface area contributed by atoms with Gasteiger partial charge in [-0.05, 0) is 49.6 Å². The van der Waals surface area contributed by atoms with E-state index in [2.05, 4.69) is 22.2 Å². The number of allylic oxidation sites excluding steroid dienone is 4. The Hall–Kier alpha value is -1.27. The lowest BCUT2D eigenvalue weighted by atomic mass is 9.89. The van der Waals surface area contributed by atoms with Gasteiger partial charge in [-0.25, -0.2) is 13.1 Å². The molecule has 0 bridgehead atoms. The predicted octanol–water partition coefficient (Wildman–Crippen LogP) is 4.00. The fourth-order valence-electron chi connectivity index (χ4n) is 3.02. The Bertz CT molecular complexity index is 824. The number of hydrogen-bond acceptors (Lipinski definition) is 3. The normalized spacial score (nSPS) is 20.9. The molecule has 0 radical (unpaired) electrons. The third-order valence-electron chi connectivity index (χ3n) is 4.08. The molecule has 2 atom stereocenters. The summed E-state index contributed by atoms with van der Waals surface area (Å²) >= 11 is 11.8. The van der Waals surface area contributed by atoms with E-state index in [9.17, 15) is 8.42 Å². The van der Waals surface area contributed by atoms with Crippen LogP contribution in [0, 0.1) is 5.92 Å². The van der Waals surface area contributed by atoms with Crippen molar-refractivity contribution in [2.45, 2.75) is 30.7 Å². The summed E-state index contributed by atoms with van der Waals surface area (Å²) in [5.74, 6) is 0.322. The van der Waals surface area contributed by atoms with Gasteiger partial charge in [0.25, 0.3) is 0 Å². The molecule has 3 rings (SSSR count). The van der Waals surface area contributed by atoms with Crippen LogP contribution in [0.4, 0.5) is 0 Å². The number of sulfonamides is 1. The van der Waals surface area contributed by atoms with E-state index in [0.717, 1.165) is 6.42 Å². The summed E-state index contributed by atoms with van der Waals surface area (Å²) in [6, 6.07) is 4.05. The van der Waals surface area contributed by atoms with Crippen molar-refractivity contribution >= 4 is 33.2 Å². The summed E-state index contributed by atoms with van der Waals surface area (Å²) in [5, 5.41) is 3.85. The van der Waals surface area contributed by atoms with E-state index < -0.39 is 10.0 Å². The van der Waals surface area contributed by atoms with E-state index in [-0.39, 0.29) is 10.9 Å². The first-order chi connectivity index (χ1) is 11.3. The molecule has 2 aliphatic rings. The third kappa shape index (κ3) is 3.86. The van der Waals surface area contributed by atoms with Crippen molar-refractivity contribution in [1.82, 2.24) is 10.0 Å². The summed E-state index contributed by atoms with van der Waals surface area (Å²) < 4.78 is 27.7. The van der Waals surface area contributed by atoms with Gasteiger partial charge < -0.3 is 5.32 Å². The van der Waals surface area contributed by atoms with Crippen LogP contribution in [0.25, 0.3) is 0 Å². The number of benzene rings is 1. The lowest BCUT2D eigenvalue weighted by Gasteiger charge is -2.20. The number of fused-ring (bicyclic) bond motifs is 1. The first kappa shape index (κ1) is 17.5. The van der Waals surface area contributed by atoms with Crippen molar-refractivity contribution in [3.63, 3.8) is 0 Å². The van der Waals surface area contributed by atoms with E-state index >= 15 is 0 Å². The topological polar surface area (TPSA) is 58.2 Å². The maximum Gasteiger partial charge on any atom is 0.240 e. The van der Waals surface area contributed by atoms with Crippen LogP contribution in [0.2, 0.25) is 10.0 Å². The molecule has 0 fully saturated rings. The largest absolute Gasteiger partial charge is 0.365 e. The molecule has 0 saturated carbocycles. The molecule has 1 heterocycles. The second kappa shape index (κ2) is 6.92. The number of nitrogens with one attached hydrogen (secondary N) is 2. The van der Waals surface area contributed by atoms with Crippen LogP contribution in [-0.4, -0.2) is 14.5 Å². The Balaban J connectivity index is 1.69. The Labute approximate surface area is 152 Å². The van der Waals surface area contributed by atoms with Gasteiger partial charge in [0.2, 0.25) is 10.0 Å². The summed E-state index contributed by atoms with van der Waals surface area (Å²) in [7, 11) is -3.67. The number of rotatable bonds is 5. The molecule has 0 saturated heterocycles. The van der Waals surface area contributed by atoms with E-state index in [1.807, 2.05) is 19.2 Å². The van der Waals surface area contributed by atoms with Crippen LogP contribution < -0.4 is 10.0 Å². The molecule has 2 unspecified atom stereocenters. The van der Waals surface area contributed by atoms with Gasteiger partial charge in [0.05, 0.1) is 4.90 Å². The van der Waals surface area contributed by atoms with E-state index in [1.54, 1.807) is 0 Å². The van der Waals surface area contributed by atoms with Crippen molar-refractivity contribution in [3.8, 4) is 0 Å². The van der Waals surface area contributed by atoms with Crippen molar-refractivity contribution in [2.75, 3.05) is 0 Å². The Morgan fingerprint density at radius 3 is 2.71 bits per heavy atom. The average Bonchev–Trinajstić information content (AvgIpc) is 2.89. The first-order valence-corrected chi connectivity index (χ1v) is 9.90. The standard InChI is InChI=1S/C17H18Cl2N2O2S/c1-11(6-12-10-20-17-5-3-2-4-16(12)17)21-24(22,23)15-8-13(18)7-14(19)9-15/h2-3,5,7-11,16,20-21H,4,6H2,1H3. The Kier molecular flexibility index (Phi) is 5.06. The van der Waals surface area contributed by atoms with Gasteiger partial charge in [-0.2, -0.15) is 0 Å². The zero-order chi connectivity index (χ0) is 17.3. The fraction of sp³-hybridized carbons (Fsp3) is 0.294. The van der Waals surface area contributed by atoms with Crippen LogP contribution in [0.5, 0.6) is 0 Å². The maximum absolute atomic E-state index is 12.5. The van der Waals surface area contributed by atoms with Crippen LogP contribution in [-0.2, 0) is 10.0 Å². The highest BCUT2D eigenvalue weighted by atomic mass is 35.5. The summed E-state index contributed by atoms with van der Waals surface area (Å²) in [6.45, 7) is 1.85. The lowest BCUT2D eigenvalue weighted by Crippen LogP contribution is -2.33. The molecule has 1 aromatic rings. The monoisotopic (exact) mass is 384 g/mol. The van der Waals surface area contributed by atoms with Gasteiger partial charge in [-0.15, -0.1) is 0 Å². The Morgan fingerprint density at radius 2 is 2.00 bits per heavy atom. The molecule has 1 aromatic carbocycles. The molecule has 24 heavy (non-hydrogen) atoms. The molecule has 2 N–H and O–H groups in total. The molecule has 0 spiro atoms. The molecule has 7 heteroatoms. The SMILES string of the molecule is CC(CC1=CNC2=CC=CCC12)NS(=O)(=O)c1cc(Cl)cc(Cl)c1. The number of halogens is 2. The van der Waals surface area contributed by atoms with Gasteiger partial charge in [0.15, 0.2) is 0 Å². The highest BCUT2D eigenvalue weighted by molar-refractivity contribution is 7.89. The second-order valence-electron chi connectivity index (χ2n) is 6.03. The minimum Gasteiger partial charge on any atom is -0.365 e. The minimum absolute atomic E-state index is 0.0755. The summed E-state index contributed by atoms with van der Waals surface area (Å²) in [6.07, 6.45) is 9.76. The molecule has 0 amide bonds. The second-order valence-corrected chi connectivity index (χ2v) is 8.62. The van der Waals surface area contributed by atoms with E-state index in [4.69, 9.17) is 23.2 Å². The molecule has 1 aliphatic carbocycles. The Morgan fingerprint density at radius 1 is 1.29 bits per heavy atom. The zero-order valence-corrected chi connectivity index (χ0v) is 15.4. The highest BCUT2D eigenvalue weighted by Crippen LogP contribution is 2.33. The van der Waals surface area contributed by atoms with E-state index in [0.29, 0.717) is 22.4 Å². The minimum atomic E-state index is -3.67. The van der Waals surface area contributed by atoms with Crippen LogP contribution in [0.15, 0.2) is 58.8 Å². The lowest BCUT2D eigenvalue weighted by molar-refractivity contribution is 0.550. The molecular formula is C17H18Cl2N2O2S. The van der Waals surface area contributed by atoms with Gasteiger partial charge in [-0.3, -0.25) is 0 Å². The van der Waals surface area contributed by atoms with Crippen LogP contribution in [0.1, 0.15) is 19.8 Å². The quantitative estimate of drug-likeness (QED) is 0.806. The van der Waals surface area contributed by atoms with E-state index in [1.165, 1.54) is 29.5 Å². The van der Waals surface area contributed by atoms with Crippen molar-refractivity contribution in [2.24, 2.45) is 5.92 Å². The maximum atomic E-state index is 12.5. The molecular weight excluding hydrogens is 367 g/mol. The smallest absolute Gasteiger partial charge is 0.240 e. The average molecular weight is 385 g/mol. The first-order valence-electron chi connectivity index (χ1n) is 7.66. The van der Waals surface area contributed by atoms with Crippen LogP contribution >= 0.6 is 23.2 Å². The predicted molar refractivity (Wildman–Crippen MR) is 97.4 cm³/mol. The highest BCUT2D eigenvalue weighted by Gasteiger charge is 2.27.